The molecule has 1 heterocycles. The molecule has 0 aliphatic rings. The van der Waals surface area contributed by atoms with Gasteiger partial charge in [-0.3, -0.25) is 4.79 Å². The van der Waals surface area contributed by atoms with Crippen LogP contribution in [0.25, 0.3) is 0 Å². The van der Waals surface area contributed by atoms with Gasteiger partial charge in [-0.15, -0.1) is 0 Å². The normalized spacial score (nSPS) is 12.8. The zero-order chi connectivity index (χ0) is 9.68. The fraction of sp³-hybridized carbons (Fsp3) is 0.500. The molecule has 5 nitrogen and oxygen atoms in total. The van der Waals surface area contributed by atoms with Crippen molar-refractivity contribution in [3.8, 4) is 0 Å². The number of hydrogen-bond acceptors (Lipinski definition) is 5. The summed E-state index contributed by atoms with van der Waals surface area (Å²) in [6.45, 7) is 1.94. The molecule has 0 spiro atoms. The number of hydrogen-bond donors (Lipinski definition) is 2. The van der Waals surface area contributed by atoms with Crippen molar-refractivity contribution in [3.05, 3.63) is 18.4 Å². The van der Waals surface area contributed by atoms with Crippen LogP contribution in [0.4, 0.5) is 0 Å². The van der Waals surface area contributed by atoms with E-state index in [2.05, 4.69) is 10.3 Å². The Kier molecular flexibility index (Phi) is 3.60. The van der Waals surface area contributed by atoms with E-state index in [1.54, 1.807) is 6.92 Å². The second kappa shape index (κ2) is 4.74. The van der Waals surface area contributed by atoms with Crippen LogP contribution in [0.5, 0.6) is 0 Å². The van der Waals surface area contributed by atoms with Gasteiger partial charge in [-0.2, -0.15) is 0 Å². The quantitative estimate of drug-likeness (QED) is 0.621. The Morgan fingerprint density at radius 3 is 3.15 bits per heavy atom. The van der Waals surface area contributed by atoms with Crippen molar-refractivity contribution < 1.29 is 14.3 Å². The Bertz CT molecular complexity index is 258. The monoisotopic (exact) mass is 184 g/mol. The van der Waals surface area contributed by atoms with Gasteiger partial charge in [0, 0.05) is 6.04 Å². The first-order chi connectivity index (χ1) is 6.24. The lowest BCUT2D eigenvalue weighted by Crippen LogP contribution is -2.33. The first kappa shape index (κ1) is 9.88. The van der Waals surface area contributed by atoms with Gasteiger partial charge in [0.05, 0.1) is 19.3 Å². The molecule has 1 rings (SSSR count). The minimum absolute atomic E-state index is 0.00366. The van der Waals surface area contributed by atoms with Gasteiger partial charge in [0.25, 0.3) is 0 Å². The third-order valence-corrected chi connectivity index (χ3v) is 1.59. The van der Waals surface area contributed by atoms with Gasteiger partial charge in [-0.1, -0.05) is 0 Å². The molecule has 2 N–H and O–H groups in total. The van der Waals surface area contributed by atoms with Crippen molar-refractivity contribution in [1.29, 1.82) is 0 Å². The molecule has 1 unspecified atom stereocenters. The summed E-state index contributed by atoms with van der Waals surface area (Å²) < 4.78 is 4.80. The highest BCUT2D eigenvalue weighted by Crippen LogP contribution is 1.96. The van der Waals surface area contributed by atoms with Crippen molar-refractivity contribution in [2.24, 2.45) is 0 Å². The molecule has 5 heteroatoms. The molecule has 0 aromatic carbocycles. The number of nitrogens with zero attached hydrogens (tertiary/aromatic N) is 1. The highest BCUT2D eigenvalue weighted by Gasteiger charge is 2.09. The number of carbonyl (C=O) groups excluding carboxylic acids is 1. The first-order valence-corrected chi connectivity index (χ1v) is 4.00. The molecule has 0 radical (unpaired) electrons. The summed E-state index contributed by atoms with van der Waals surface area (Å²) in [5.74, 6) is 0.0652. The molecule has 1 aromatic rings. The topological polar surface area (TPSA) is 75.4 Å². The lowest BCUT2D eigenvalue weighted by molar-refractivity contribution is 0.0957. The van der Waals surface area contributed by atoms with Gasteiger partial charge < -0.3 is 14.8 Å². The minimum Gasteiger partial charge on any atom is -0.440 e. The van der Waals surface area contributed by atoms with Crippen LogP contribution in [0.2, 0.25) is 0 Å². The van der Waals surface area contributed by atoms with E-state index < -0.39 is 0 Å². The van der Waals surface area contributed by atoms with E-state index in [0.29, 0.717) is 0 Å². The van der Waals surface area contributed by atoms with Crippen molar-refractivity contribution in [2.75, 3.05) is 13.2 Å². The molecular formula is C8H12N2O3. The zero-order valence-electron chi connectivity index (χ0n) is 7.36. The molecule has 0 amide bonds. The van der Waals surface area contributed by atoms with Crippen LogP contribution in [-0.2, 0) is 0 Å². The van der Waals surface area contributed by atoms with E-state index in [-0.39, 0.29) is 30.7 Å². The molecule has 1 aromatic heterocycles. The van der Waals surface area contributed by atoms with Gasteiger partial charge >= 0.3 is 0 Å². The summed E-state index contributed by atoms with van der Waals surface area (Å²) in [5.41, 5.74) is 0. The molecule has 72 valence electrons. The fourth-order valence-electron chi connectivity index (χ4n) is 0.772. The fourth-order valence-corrected chi connectivity index (χ4v) is 0.772. The van der Waals surface area contributed by atoms with Crippen LogP contribution in [-0.4, -0.2) is 35.1 Å². The van der Waals surface area contributed by atoms with Crippen LogP contribution >= 0.6 is 0 Å². The maximum atomic E-state index is 11.2. The Labute approximate surface area is 75.8 Å². The zero-order valence-corrected chi connectivity index (χ0v) is 7.36. The predicted molar refractivity (Wildman–Crippen MR) is 45.4 cm³/mol. The molecule has 0 bridgehead atoms. The van der Waals surface area contributed by atoms with Crippen LogP contribution < -0.4 is 5.32 Å². The Balaban J connectivity index is 2.35. The number of Topliss-reactive ketones (excluding diaryl/α,β-unsaturated/α-hetero) is 1. The van der Waals surface area contributed by atoms with E-state index in [4.69, 9.17) is 9.52 Å². The molecule has 0 fully saturated rings. The van der Waals surface area contributed by atoms with Gasteiger partial charge in [0.1, 0.15) is 0 Å². The maximum absolute atomic E-state index is 11.2. The van der Waals surface area contributed by atoms with Crippen molar-refractivity contribution >= 4 is 5.78 Å². The summed E-state index contributed by atoms with van der Waals surface area (Å²) in [7, 11) is 0. The first-order valence-electron chi connectivity index (χ1n) is 4.00. The molecule has 13 heavy (non-hydrogen) atoms. The van der Waals surface area contributed by atoms with Crippen molar-refractivity contribution in [2.45, 2.75) is 13.0 Å². The Morgan fingerprint density at radius 2 is 2.62 bits per heavy atom. The molecule has 0 saturated carbocycles. The van der Waals surface area contributed by atoms with E-state index >= 15 is 0 Å². The molecule has 0 saturated heterocycles. The summed E-state index contributed by atoms with van der Waals surface area (Å²) in [6.07, 6.45) is 2.58. The second-order valence-corrected chi connectivity index (χ2v) is 2.75. The molecule has 1 atom stereocenters. The molecular weight excluding hydrogens is 172 g/mol. The summed E-state index contributed by atoms with van der Waals surface area (Å²) in [6, 6.07) is -0.0909. The third kappa shape index (κ3) is 2.96. The number of rotatable bonds is 5. The second-order valence-electron chi connectivity index (χ2n) is 2.75. The van der Waals surface area contributed by atoms with E-state index in [1.807, 2.05) is 0 Å². The summed E-state index contributed by atoms with van der Waals surface area (Å²) in [4.78, 5) is 14.9. The lowest BCUT2D eigenvalue weighted by atomic mass is 10.3. The number of aromatic nitrogens is 1. The highest BCUT2D eigenvalue weighted by molar-refractivity contribution is 5.94. The van der Waals surface area contributed by atoms with Gasteiger partial charge in [0.15, 0.2) is 12.2 Å². The van der Waals surface area contributed by atoms with Gasteiger partial charge in [-0.25, -0.2) is 4.98 Å². The van der Waals surface area contributed by atoms with Crippen LogP contribution in [0.15, 0.2) is 17.0 Å². The summed E-state index contributed by atoms with van der Waals surface area (Å²) in [5, 5.41) is 11.5. The number of ketones is 1. The average Bonchev–Trinajstić information content (AvgIpc) is 2.66. The van der Waals surface area contributed by atoms with Gasteiger partial charge in [-0.05, 0) is 6.92 Å². The van der Waals surface area contributed by atoms with Gasteiger partial charge in [0.2, 0.25) is 5.78 Å². The van der Waals surface area contributed by atoms with Crippen molar-refractivity contribution in [1.82, 2.24) is 10.3 Å². The minimum atomic E-state index is -0.169. The Morgan fingerprint density at radius 1 is 1.85 bits per heavy atom. The number of nitrogens with one attached hydrogen (secondary N) is 1. The lowest BCUT2D eigenvalue weighted by Gasteiger charge is -2.07. The van der Waals surface area contributed by atoms with Crippen molar-refractivity contribution in [3.63, 3.8) is 0 Å². The van der Waals surface area contributed by atoms with Crippen LogP contribution in [0.3, 0.4) is 0 Å². The van der Waals surface area contributed by atoms with Crippen LogP contribution in [0, 0.1) is 0 Å². The molecule has 0 aliphatic carbocycles. The SMILES string of the molecule is CC(CO)NCC(=O)c1cnco1. The van der Waals surface area contributed by atoms with E-state index in [1.165, 1.54) is 12.6 Å². The standard InChI is InChI=1S/C8H12N2O3/c1-6(4-11)10-2-7(12)8-3-9-5-13-8/h3,5-6,10-11H,2,4H2,1H3. The predicted octanol–water partition coefficient (Wildman–Crippen LogP) is -0.172. The Hall–Kier alpha value is -1.20. The summed E-state index contributed by atoms with van der Waals surface area (Å²) >= 11 is 0. The highest BCUT2D eigenvalue weighted by atomic mass is 16.3. The number of aliphatic hydroxyl groups excluding tert-OH is 1. The number of aliphatic hydroxyl groups is 1. The average molecular weight is 184 g/mol. The third-order valence-electron chi connectivity index (χ3n) is 1.59. The largest absolute Gasteiger partial charge is 0.440 e. The smallest absolute Gasteiger partial charge is 0.213 e. The van der Waals surface area contributed by atoms with E-state index in [9.17, 15) is 4.79 Å². The number of carbonyl (C=O) groups is 1. The van der Waals surface area contributed by atoms with E-state index in [0.717, 1.165) is 0 Å². The van der Waals surface area contributed by atoms with Crippen LogP contribution in [0.1, 0.15) is 17.5 Å². The molecule has 0 aliphatic heterocycles. The maximum Gasteiger partial charge on any atom is 0.213 e. The number of oxazole rings is 1.